The van der Waals surface area contributed by atoms with Gasteiger partial charge < -0.3 is 15.4 Å². The lowest BCUT2D eigenvalue weighted by Crippen LogP contribution is -2.41. The average molecular weight is 355 g/mol. The summed E-state index contributed by atoms with van der Waals surface area (Å²) >= 11 is 0. The Balaban J connectivity index is 2.02. The van der Waals surface area contributed by atoms with E-state index in [-0.39, 0.29) is 23.6 Å². The van der Waals surface area contributed by atoms with Crippen molar-refractivity contribution in [3.63, 3.8) is 0 Å². The third kappa shape index (κ3) is 3.20. The smallest absolute Gasteiger partial charge is 0.270 e. The molecule has 0 bridgehead atoms. The fourth-order valence-electron chi connectivity index (χ4n) is 3.57. The van der Waals surface area contributed by atoms with E-state index in [4.69, 9.17) is 10.5 Å². The number of benzene rings is 2. The summed E-state index contributed by atoms with van der Waals surface area (Å²) in [6.07, 6.45) is 0.601. The van der Waals surface area contributed by atoms with Gasteiger partial charge in [0.2, 0.25) is 5.91 Å². The number of ether oxygens (including phenoxy) is 1. The van der Waals surface area contributed by atoms with Crippen molar-refractivity contribution in [2.45, 2.75) is 31.8 Å². The first kappa shape index (κ1) is 17.7. The molecule has 2 aromatic rings. The molecule has 136 valence electrons. The van der Waals surface area contributed by atoms with Gasteiger partial charge in [-0.25, -0.2) is 0 Å². The number of nitro groups is 1. The van der Waals surface area contributed by atoms with Crippen molar-refractivity contribution in [3.8, 4) is 5.75 Å². The third-order valence-electron chi connectivity index (χ3n) is 4.89. The second-order valence-electron chi connectivity index (χ2n) is 6.48. The summed E-state index contributed by atoms with van der Waals surface area (Å²) in [4.78, 5) is 24.7. The number of hydrogen-bond acceptors (Lipinski definition) is 5. The highest BCUT2D eigenvalue weighted by atomic mass is 16.6. The first-order valence-electron chi connectivity index (χ1n) is 8.38. The minimum absolute atomic E-state index is 0.0220. The summed E-state index contributed by atoms with van der Waals surface area (Å²) in [5.74, 6) is -0.0707. The van der Waals surface area contributed by atoms with E-state index < -0.39 is 4.92 Å². The number of carbonyl (C=O) groups is 1. The van der Waals surface area contributed by atoms with Crippen molar-refractivity contribution in [3.05, 3.63) is 63.7 Å². The lowest BCUT2D eigenvalue weighted by Gasteiger charge is -2.40. The normalized spacial score (nSPS) is 18.9. The summed E-state index contributed by atoms with van der Waals surface area (Å²) in [6.45, 7) is 2.46. The molecule has 0 saturated heterocycles. The van der Waals surface area contributed by atoms with Crippen LogP contribution in [0.5, 0.6) is 5.75 Å². The fourth-order valence-corrected chi connectivity index (χ4v) is 3.57. The van der Waals surface area contributed by atoms with Crippen LogP contribution in [0.4, 0.5) is 11.4 Å². The van der Waals surface area contributed by atoms with Gasteiger partial charge in [-0.3, -0.25) is 14.9 Å². The van der Waals surface area contributed by atoms with Crippen LogP contribution >= 0.6 is 0 Å². The van der Waals surface area contributed by atoms with Crippen molar-refractivity contribution in [2.75, 3.05) is 12.0 Å². The number of amides is 1. The molecule has 0 unspecified atom stereocenters. The van der Waals surface area contributed by atoms with Crippen LogP contribution in [-0.4, -0.2) is 24.0 Å². The molecule has 0 aliphatic carbocycles. The van der Waals surface area contributed by atoms with Crippen molar-refractivity contribution >= 4 is 17.3 Å². The molecule has 0 radical (unpaired) electrons. The maximum absolute atomic E-state index is 11.9. The van der Waals surface area contributed by atoms with Crippen molar-refractivity contribution in [1.29, 1.82) is 0 Å². The van der Waals surface area contributed by atoms with Gasteiger partial charge in [0.15, 0.2) is 0 Å². The van der Waals surface area contributed by atoms with Gasteiger partial charge in [-0.2, -0.15) is 0 Å². The van der Waals surface area contributed by atoms with Crippen LogP contribution in [-0.2, 0) is 11.3 Å². The summed E-state index contributed by atoms with van der Waals surface area (Å²) in [5.41, 5.74) is 8.14. The van der Waals surface area contributed by atoms with Gasteiger partial charge in [-0.15, -0.1) is 0 Å². The number of carbonyl (C=O) groups excluding carboxylic acids is 1. The second-order valence-corrected chi connectivity index (χ2v) is 6.48. The van der Waals surface area contributed by atoms with Crippen LogP contribution in [0, 0.1) is 10.1 Å². The highest BCUT2D eigenvalue weighted by molar-refractivity contribution is 5.85. The van der Waals surface area contributed by atoms with Crippen molar-refractivity contribution in [1.82, 2.24) is 0 Å². The Morgan fingerprint density at radius 2 is 2.08 bits per heavy atom. The van der Waals surface area contributed by atoms with E-state index in [9.17, 15) is 14.9 Å². The third-order valence-corrected chi connectivity index (χ3v) is 4.89. The molecule has 1 heterocycles. The number of fused-ring (bicyclic) bond motifs is 1. The first-order valence-corrected chi connectivity index (χ1v) is 8.38. The Morgan fingerprint density at radius 1 is 1.35 bits per heavy atom. The quantitative estimate of drug-likeness (QED) is 0.657. The van der Waals surface area contributed by atoms with Crippen LogP contribution < -0.4 is 15.4 Å². The van der Waals surface area contributed by atoms with E-state index in [1.807, 2.05) is 31.2 Å². The fraction of sp³-hybridized carbons (Fsp3) is 0.316. The highest BCUT2D eigenvalue weighted by Gasteiger charge is 2.33. The monoisotopic (exact) mass is 355 g/mol. The average Bonchev–Trinajstić information content (AvgIpc) is 2.63. The van der Waals surface area contributed by atoms with Gasteiger partial charge in [0, 0.05) is 36.0 Å². The van der Waals surface area contributed by atoms with Gasteiger partial charge in [0.1, 0.15) is 5.75 Å². The zero-order valence-corrected chi connectivity index (χ0v) is 14.7. The van der Waals surface area contributed by atoms with Gasteiger partial charge in [0.25, 0.3) is 5.69 Å². The molecular formula is C19H21N3O4. The van der Waals surface area contributed by atoms with E-state index in [0.29, 0.717) is 18.7 Å². The minimum Gasteiger partial charge on any atom is -0.496 e. The van der Waals surface area contributed by atoms with Gasteiger partial charge in [-0.05, 0) is 31.0 Å². The van der Waals surface area contributed by atoms with E-state index in [2.05, 4.69) is 4.90 Å². The largest absolute Gasteiger partial charge is 0.496 e. The number of anilines is 1. The second kappa shape index (κ2) is 7.03. The topological polar surface area (TPSA) is 98.7 Å². The van der Waals surface area contributed by atoms with Gasteiger partial charge >= 0.3 is 0 Å². The molecule has 3 rings (SSSR count). The van der Waals surface area contributed by atoms with Crippen molar-refractivity contribution in [2.24, 2.45) is 5.73 Å². The SMILES string of the molecule is COc1ccc([N+](=O)[O-])cc1CN1c2ccccc2[C@@H](C(N)=O)C[C@H]1C. The van der Waals surface area contributed by atoms with Crippen molar-refractivity contribution < 1.29 is 14.5 Å². The maximum atomic E-state index is 11.9. The lowest BCUT2D eigenvalue weighted by atomic mass is 9.85. The predicted octanol–water partition coefficient (Wildman–Crippen LogP) is 2.97. The number of non-ortho nitro benzene ring substituents is 1. The Bertz CT molecular complexity index is 852. The zero-order chi connectivity index (χ0) is 18.8. The summed E-state index contributed by atoms with van der Waals surface area (Å²) in [5, 5.41) is 11.1. The number of nitrogens with two attached hydrogens (primary N) is 1. The minimum atomic E-state index is -0.417. The molecule has 2 aromatic carbocycles. The number of nitro benzene ring substituents is 1. The zero-order valence-electron chi connectivity index (χ0n) is 14.7. The molecular weight excluding hydrogens is 334 g/mol. The van der Waals surface area contributed by atoms with Crippen LogP contribution in [0.3, 0.4) is 0 Å². The molecule has 1 aliphatic heterocycles. The Morgan fingerprint density at radius 3 is 2.73 bits per heavy atom. The van der Waals surface area contributed by atoms with Gasteiger partial charge in [-0.1, -0.05) is 18.2 Å². The number of para-hydroxylation sites is 1. The van der Waals surface area contributed by atoms with Gasteiger partial charge in [0.05, 0.1) is 18.0 Å². The summed E-state index contributed by atoms with van der Waals surface area (Å²) in [6, 6.07) is 12.3. The Hall–Kier alpha value is -3.09. The molecule has 26 heavy (non-hydrogen) atoms. The van der Waals surface area contributed by atoms with Crippen LogP contribution in [0.15, 0.2) is 42.5 Å². The number of hydrogen-bond donors (Lipinski definition) is 1. The van der Waals surface area contributed by atoms with Crippen LogP contribution in [0.2, 0.25) is 0 Å². The van der Waals surface area contributed by atoms with E-state index in [0.717, 1.165) is 16.8 Å². The first-order chi connectivity index (χ1) is 12.4. The standard InChI is InChI=1S/C19H21N3O4/c1-12-9-16(19(20)23)15-5-3-4-6-17(15)21(12)11-13-10-14(22(24)25)7-8-18(13)26-2/h3-8,10,12,16H,9,11H2,1-2H3,(H2,20,23)/t12-,16+/m1/s1. The molecule has 7 heteroatoms. The predicted molar refractivity (Wildman–Crippen MR) is 98.3 cm³/mol. The lowest BCUT2D eigenvalue weighted by molar-refractivity contribution is -0.384. The summed E-state index contributed by atoms with van der Waals surface area (Å²) < 4.78 is 5.38. The molecule has 2 N–H and O–H groups in total. The van der Waals surface area contributed by atoms with E-state index >= 15 is 0 Å². The number of rotatable bonds is 5. The molecule has 1 amide bonds. The number of nitrogens with zero attached hydrogens (tertiary/aromatic N) is 2. The molecule has 0 spiro atoms. The Kier molecular flexibility index (Phi) is 4.79. The highest BCUT2D eigenvalue weighted by Crippen LogP contribution is 2.40. The van der Waals surface area contributed by atoms with E-state index in [1.165, 1.54) is 12.1 Å². The molecule has 1 aliphatic rings. The number of primary amides is 1. The van der Waals surface area contributed by atoms with Crippen LogP contribution in [0.1, 0.15) is 30.4 Å². The maximum Gasteiger partial charge on any atom is 0.270 e. The molecule has 0 aromatic heterocycles. The van der Waals surface area contributed by atoms with Crippen LogP contribution in [0.25, 0.3) is 0 Å². The molecule has 7 nitrogen and oxygen atoms in total. The van der Waals surface area contributed by atoms with E-state index in [1.54, 1.807) is 13.2 Å². The Labute approximate surface area is 151 Å². The molecule has 0 saturated carbocycles. The molecule has 0 fully saturated rings. The molecule has 2 atom stereocenters. The number of methoxy groups -OCH3 is 1. The summed E-state index contributed by atoms with van der Waals surface area (Å²) in [7, 11) is 1.54.